The van der Waals surface area contributed by atoms with Gasteiger partial charge < -0.3 is 5.32 Å². The molecule has 4 fully saturated rings. The second-order valence-corrected chi connectivity index (χ2v) is 10.9. The van der Waals surface area contributed by atoms with E-state index >= 15 is 0 Å². The van der Waals surface area contributed by atoms with Gasteiger partial charge in [-0.05, 0) is 73.8 Å². The van der Waals surface area contributed by atoms with E-state index in [1.807, 2.05) is 0 Å². The first-order valence-electron chi connectivity index (χ1n) is 10.4. The number of fused-ring (bicyclic) bond motifs is 1. The zero-order valence-corrected chi connectivity index (χ0v) is 16.8. The summed E-state index contributed by atoms with van der Waals surface area (Å²) in [6, 6.07) is 6.78. The number of sulfonamides is 1. The predicted molar refractivity (Wildman–Crippen MR) is 106 cm³/mol. The Kier molecular flexibility index (Phi) is 4.27. The van der Waals surface area contributed by atoms with Crippen LogP contribution in [0.1, 0.15) is 50.5 Å². The molecule has 28 heavy (non-hydrogen) atoms. The van der Waals surface area contributed by atoms with Crippen molar-refractivity contribution < 1.29 is 13.2 Å². The molecule has 1 aliphatic heterocycles. The third kappa shape index (κ3) is 3.23. The summed E-state index contributed by atoms with van der Waals surface area (Å²) in [6.07, 6.45) is 8.33. The smallest absolute Gasteiger partial charge is 0.263 e. The van der Waals surface area contributed by atoms with Crippen molar-refractivity contribution in [2.24, 2.45) is 28.2 Å². The Bertz CT molecular complexity index is 903. The zero-order chi connectivity index (χ0) is 19.4. The van der Waals surface area contributed by atoms with E-state index < -0.39 is 10.0 Å². The summed E-state index contributed by atoms with van der Waals surface area (Å²) < 4.78 is 26.7. The summed E-state index contributed by atoms with van der Waals surface area (Å²) in [5.74, 6) is 2.98. The van der Waals surface area contributed by atoms with Crippen LogP contribution in [0.5, 0.6) is 0 Å². The van der Waals surface area contributed by atoms with Crippen LogP contribution >= 0.6 is 0 Å². The number of benzene rings is 1. The molecule has 0 spiro atoms. The van der Waals surface area contributed by atoms with Crippen molar-refractivity contribution in [2.45, 2.75) is 49.8 Å². The molecule has 2 N–H and O–H groups in total. The number of carbonyl (C=O) groups excluding carboxylic acids is 1. The third-order valence-electron chi connectivity index (χ3n) is 7.10. The van der Waals surface area contributed by atoms with Crippen LogP contribution in [-0.4, -0.2) is 33.3 Å². The van der Waals surface area contributed by atoms with E-state index in [1.165, 1.54) is 38.5 Å². The highest BCUT2D eigenvalue weighted by Crippen LogP contribution is 2.59. The van der Waals surface area contributed by atoms with E-state index in [-0.39, 0.29) is 23.8 Å². The van der Waals surface area contributed by atoms with Gasteiger partial charge in [-0.1, -0.05) is 12.1 Å². The number of amidine groups is 1. The highest BCUT2D eigenvalue weighted by atomic mass is 32.2. The number of rotatable bonds is 5. The minimum absolute atomic E-state index is 0.00855. The molecule has 7 heteroatoms. The Morgan fingerprint density at radius 3 is 2.43 bits per heavy atom. The molecule has 4 bridgehead atoms. The highest BCUT2D eigenvalue weighted by molar-refractivity contribution is 7.90. The number of nitrogens with zero attached hydrogens (tertiary/aromatic N) is 1. The van der Waals surface area contributed by atoms with Crippen LogP contribution in [0.2, 0.25) is 0 Å². The first-order valence-corrected chi connectivity index (χ1v) is 11.8. The van der Waals surface area contributed by atoms with Gasteiger partial charge in [-0.2, -0.15) is 0 Å². The van der Waals surface area contributed by atoms with Gasteiger partial charge in [0.1, 0.15) is 5.84 Å². The van der Waals surface area contributed by atoms with Crippen LogP contribution in [0.15, 0.2) is 34.2 Å². The average molecular weight is 402 g/mol. The number of hydrogen-bond acceptors (Lipinski definition) is 4. The van der Waals surface area contributed by atoms with E-state index in [2.05, 4.69) is 15.0 Å². The quantitative estimate of drug-likeness (QED) is 0.794. The summed E-state index contributed by atoms with van der Waals surface area (Å²) in [5, 5.41) is 3.15. The lowest BCUT2D eigenvalue weighted by atomic mass is 9.49. The van der Waals surface area contributed by atoms with Crippen molar-refractivity contribution in [1.82, 2.24) is 10.0 Å². The Hall–Kier alpha value is -1.89. The second kappa shape index (κ2) is 6.58. The minimum atomic E-state index is -3.52. The third-order valence-corrected chi connectivity index (χ3v) is 8.49. The van der Waals surface area contributed by atoms with Crippen molar-refractivity contribution >= 4 is 21.8 Å². The SMILES string of the molecule is O=C(CCN=C1NS(=O)(=O)c2ccccc21)NCC12CC3CC(CC(C3)C1)C2. The van der Waals surface area contributed by atoms with Gasteiger partial charge in [0.05, 0.1) is 11.4 Å². The van der Waals surface area contributed by atoms with Crippen LogP contribution in [-0.2, 0) is 14.8 Å². The maximum atomic E-state index is 12.4. The summed E-state index contributed by atoms with van der Waals surface area (Å²) >= 11 is 0. The summed E-state index contributed by atoms with van der Waals surface area (Å²) in [7, 11) is -3.52. The van der Waals surface area contributed by atoms with Crippen molar-refractivity contribution in [2.75, 3.05) is 13.1 Å². The molecule has 1 aromatic rings. The summed E-state index contributed by atoms with van der Waals surface area (Å²) in [6.45, 7) is 1.07. The molecule has 150 valence electrons. The molecule has 5 aliphatic rings. The minimum Gasteiger partial charge on any atom is -0.355 e. The predicted octanol–water partition coefficient (Wildman–Crippen LogP) is 2.45. The van der Waals surface area contributed by atoms with Crippen LogP contribution in [0, 0.1) is 23.2 Å². The van der Waals surface area contributed by atoms with Crippen LogP contribution in [0.3, 0.4) is 0 Å². The fourth-order valence-electron chi connectivity index (χ4n) is 6.40. The Morgan fingerprint density at radius 2 is 1.75 bits per heavy atom. The maximum Gasteiger partial charge on any atom is 0.263 e. The fourth-order valence-corrected chi connectivity index (χ4v) is 7.65. The van der Waals surface area contributed by atoms with Crippen molar-refractivity contribution in [3.8, 4) is 0 Å². The maximum absolute atomic E-state index is 12.4. The molecule has 1 aromatic carbocycles. The van der Waals surface area contributed by atoms with Crippen LogP contribution < -0.4 is 10.0 Å². The molecular weight excluding hydrogens is 374 g/mol. The molecule has 0 aromatic heterocycles. The molecule has 0 unspecified atom stereocenters. The van der Waals surface area contributed by atoms with Crippen LogP contribution in [0.4, 0.5) is 0 Å². The normalized spacial score (nSPS) is 35.6. The lowest BCUT2D eigenvalue weighted by Crippen LogP contribution is -2.51. The fraction of sp³-hybridized carbons (Fsp3) is 0.619. The molecule has 4 aliphatic carbocycles. The van der Waals surface area contributed by atoms with E-state index in [0.29, 0.717) is 16.8 Å². The first-order chi connectivity index (χ1) is 13.4. The summed E-state index contributed by atoms with van der Waals surface area (Å²) in [5.41, 5.74) is 0.910. The average Bonchev–Trinajstić information content (AvgIpc) is 2.90. The van der Waals surface area contributed by atoms with E-state index in [4.69, 9.17) is 0 Å². The molecule has 6 nitrogen and oxygen atoms in total. The molecule has 1 amide bonds. The molecular formula is C21H27N3O3S. The molecule has 6 rings (SSSR count). The van der Waals surface area contributed by atoms with Crippen molar-refractivity contribution in [3.05, 3.63) is 29.8 Å². The Balaban J connectivity index is 1.16. The van der Waals surface area contributed by atoms with Crippen molar-refractivity contribution in [3.63, 3.8) is 0 Å². The highest BCUT2D eigenvalue weighted by Gasteiger charge is 2.50. The van der Waals surface area contributed by atoms with Gasteiger partial charge in [0.2, 0.25) is 5.91 Å². The number of carbonyl (C=O) groups is 1. The van der Waals surface area contributed by atoms with Crippen LogP contribution in [0.25, 0.3) is 0 Å². The first kappa shape index (κ1) is 18.2. The second-order valence-electron chi connectivity index (χ2n) is 9.28. The monoisotopic (exact) mass is 401 g/mol. The molecule has 0 saturated heterocycles. The lowest BCUT2D eigenvalue weighted by molar-refractivity contribution is -0.123. The number of hydrogen-bond donors (Lipinski definition) is 2. The van der Waals surface area contributed by atoms with Crippen molar-refractivity contribution in [1.29, 1.82) is 0 Å². The largest absolute Gasteiger partial charge is 0.355 e. The Morgan fingerprint density at radius 1 is 1.11 bits per heavy atom. The van der Waals surface area contributed by atoms with E-state index in [9.17, 15) is 13.2 Å². The molecule has 0 radical (unpaired) electrons. The van der Waals surface area contributed by atoms with Gasteiger partial charge >= 0.3 is 0 Å². The topological polar surface area (TPSA) is 87.6 Å². The standard InChI is InChI=1S/C21H27N3O3S/c25-19(23-13-21-10-14-7-15(11-21)9-16(8-14)12-21)5-6-22-20-17-3-1-2-4-18(17)28(26,27)24-20/h1-4,14-16H,5-13H2,(H,22,24)(H,23,25). The molecule has 4 saturated carbocycles. The molecule has 1 heterocycles. The number of aliphatic imine (C=N–C) groups is 1. The van der Waals surface area contributed by atoms with E-state index in [1.54, 1.807) is 24.3 Å². The number of amides is 1. The molecule has 0 atom stereocenters. The zero-order valence-electron chi connectivity index (χ0n) is 16.0. The Labute approximate surface area is 166 Å². The van der Waals surface area contributed by atoms with Gasteiger partial charge in [-0.25, -0.2) is 8.42 Å². The van der Waals surface area contributed by atoms with Gasteiger partial charge in [0, 0.05) is 18.5 Å². The lowest BCUT2D eigenvalue weighted by Gasteiger charge is -2.56. The van der Waals surface area contributed by atoms with Gasteiger partial charge in [-0.3, -0.25) is 14.5 Å². The van der Waals surface area contributed by atoms with E-state index in [0.717, 1.165) is 24.3 Å². The van der Waals surface area contributed by atoms with Gasteiger partial charge in [0.25, 0.3) is 10.0 Å². The number of nitrogens with one attached hydrogen (secondary N) is 2. The van der Waals surface area contributed by atoms with Gasteiger partial charge in [0.15, 0.2) is 0 Å². The summed E-state index contributed by atoms with van der Waals surface area (Å²) in [4.78, 5) is 17.0. The van der Waals surface area contributed by atoms with Gasteiger partial charge in [-0.15, -0.1) is 0 Å².